The highest BCUT2D eigenvalue weighted by atomic mass is 35.5. The van der Waals surface area contributed by atoms with Crippen LogP contribution in [-0.4, -0.2) is 89.2 Å². The van der Waals surface area contributed by atoms with Crippen LogP contribution in [0.3, 0.4) is 0 Å². The van der Waals surface area contributed by atoms with Crippen LogP contribution in [0.4, 0.5) is 15.9 Å². The van der Waals surface area contributed by atoms with Gasteiger partial charge in [0.25, 0.3) is 0 Å². The zero-order valence-electron chi connectivity index (χ0n) is 22.5. The van der Waals surface area contributed by atoms with Gasteiger partial charge in [-0.15, -0.1) is 0 Å². The van der Waals surface area contributed by atoms with Crippen molar-refractivity contribution in [3.63, 3.8) is 0 Å². The van der Waals surface area contributed by atoms with Gasteiger partial charge in [-0.25, -0.2) is 14.4 Å². The maximum Gasteiger partial charge on any atom is 0.233 e. The molecule has 1 aromatic carbocycles. The van der Waals surface area contributed by atoms with Gasteiger partial charge < -0.3 is 19.6 Å². The predicted octanol–water partition coefficient (Wildman–Crippen LogP) is 4.18. The number of carbonyl (C=O) groups is 2. The molecule has 2 saturated heterocycles. The third-order valence-electron chi connectivity index (χ3n) is 6.76. The number of thioether (sulfide) groups is 1. The second kappa shape index (κ2) is 12.1. The maximum atomic E-state index is 14.1. The molecule has 1 aromatic heterocycles. The fraction of sp³-hybridized carbons (Fsp3) is 0.556. The topological polar surface area (TPSA) is 72.9 Å². The largest absolute Gasteiger partial charge is 0.366 e. The van der Waals surface area contributed by atoms with E-state index in [4.69, 9.17) is 11.6 Å². The summed E-state index contributed by atoms with van der Waals surface area (Å²) in [6.45, 7) is 12.4. The number of hydrogen-bond acceptors (Lipinski definition) is 7. The van der Waals surface area contributed by atoms with Crippen molar-refractivity contribution in [3.05, 3.63) is 41.3 Å². The second-order valence-electron chi connectivity index (χ2n) is 11.1. The smallest absolute Gasteiger partial charge is 0.233 e. The highest BCUT2D eigenvalue weighted by molar-refractivity contribution is 7.99. The Labute approximate surface area is 233 Å². The molecule has 4 rings (SSSR count). The number of aromatic nitrogens is 2. The minimum absolute atomic E-state index is 0.00657. The summed E-state index contributed by atoms with van der Waals surface area (Å²) < 4.78 is 14.1. The molecular formula is C27H36ClFN6O2S. The predicted molar refractivity (Wildman–Crippen MR) is 150 cm³/mol. The van der Waals surface area contributed by atoms with Crippen LogP contribution in [0.5, 0.6) is 0 Å². The average Bonchev–Trinajstić information content (AvgIpc) is 2.86. The number of halogens is 2. The number of nitrogens with zero attached hydrogens (tertiary/aromatic N) is 6. The van der Waals surface area contributed by atoms with Gasteiger partial charge in [-0.05, 0) is 24.5 Å². The Morgan fingerprint density at radius 3 is 2.37 bits per heavy atom. The van der Waals surface area contributed by atoms with Gasteiger partial charge in [0.1, 0.15) is 16.8 Å². The van der Waals surface area contributed by atoms with Gasteiger partial charge in [-0.2, -0.15) is 0 Å². The van der Waals surface area contributed by atoms with Crippen molar-refractivity contribution in [2.45, 2.75) is 45.3 Å². The lowest BCUT2D eigenvalue weighted by Gasteiger charge is -2.41. The lowest BCUT2D eigenvalue weighted by Crippen LogP contribution is -2.54. The first-order valence-electron chi connectivity index (χ1n) is 13.0. The number of amides is 2. The molecule has 2 amide bonds. The third-order valence-corrected chi connectivity index (χ3v) is 7.79. The van der Waals surface area contributed by atoms with Gasteiger partial charge in [-0.3, -0.25) is 9.59 Å². The van der Waals surface area contributed by atoms with Crippen LogP contribution in [0.1, 0.15) is 34.1 Å². The molecule has 1 unspecified atom stereocenters. The third kappa shape index (κ3) is 7.28. The molecule has 3 heterocycles. The van der Waals surface area contributed by atoms with Crippen LogP contribution < -0.4 is 9.80 Å². The fourth-order valence-corrected chi connectivity index (χ4v) is 5.81. The number of piperazine rings is 2. The van der Waals surface area contributed by atoms with E-state index in [0.29, 0.717) is 74.0 Å². The molecule has 2 aliphatic rings. The van der Waals surface area contributed by atoms with E-state index >= 15 is 0 Å². The number of anilines is 2. The molecule has 0 spiro atoms. The van der Waals surface area contributed by atoms with E-state index in [1.165, 1.54) is 17.8 Å². The summed E-state index contributed by atoms with van der Waals surface area (Å²) in [5.41, 5.74) is 0.521. The molecule has 2 aromatic rings. The molecule has 1 atom stereocenters. The van der Waals surface area contributed by atoms with Crippen molar-refractivity contribution < 1.29 is 14.0 Å². The molecule has 0 radical (unpaired) electrons. The van der Waals surface area contributed by atoms with E-state index in [0.717, 1.165) is 0 Å². The van der Waals surface area contributed by atoms with E-state index in [1.54, 1.807) is 23.1 Å². The average molecular weight is 563 g/mol. The molecule has 8 nitrogen and oxygen atoms in total. The molecule has 0 aliphatic carbocycles. The van der Waals surface area contributed by atoms with E-state index in [1.807, 2.05) is 15.9 Å². The summed E-state index contributed by atoms with van der Waals surface area (Å²) in [5.74, 6) is 0.824. The van der Waals surface area contributed by atoms with E-state index < -0.39 is 0 Å². The minimum Gasteiger partial charge on any atom is -0.366 e. The summed E-state index contributed by atoms with van der Waals surface area (Å²) in [5, 5.41) is 0.770. The highest BCUT2D eigenvalue weighted by Crippen LogP contribution is 2.27. The number of benzene rings is 1. The Kier molecular flexibility index (Phi) is 9.03. The van der Waals surface area contributed by atoms with Crippen LogP contribution in [0.25, 0.3) is 0 Å². The van der Waals surface area contributed by atoms with Crippen LogP contribution in [0, 0.1) is 11.2 Å². The van der Waals surface area contributed by atoms with Crippen molar-refractivity contribution in [2.75, 3.05) is 61.4 Å². The summed E-state index contributed by atoms with van der Waals surface area (Å²) in [4.78, 5) is 42.4. The number of para-hydroxylation sites is 1. The Morgan fingerprint density at radius 2 is 1.71 bits per heavy atom. The molecule has 0 bridgehead atoms. The number of rotatable bonds is 6. The highest BCUT2D eigenvalue weighted by Gasteiger charge is 2.30. The monoisotopic (exact) mass is 562 g/mol. The first-order valence-corrected chi connectivity index (χ1v) is 14.4. The standard InChI is InChI=1S/C27H36ClFN6O2S/c1-19-17-34(13-14-35(19)24(36)16-27(2,3)4)23-15-22(28)30-26(31-23)38-18-25(37)33-11-9-32(10-12-33)21-8-6-5-7-20(21)29/h5-8,15,19H,9-14,16-18H2,1-4H3. The second-order valence-corrected chi connectivity index (χ2v) is 12.4. The Morgan fingerprint density at radius 1 is 1.03 bits per heavy atom. The van der Waals surface area contributed by atoms with Gasteiger partial charge in [0.05, 0.1) is 11.4 Å². The van der Waals surface area contributed by atoms with Crippen molar-refractivity contribution in [1.29, 1.82) is 0 Å². The first kappa shape index (κ1) is 28.4. The quantitative estimate of drug-likeness (QED) is 0.297. The first-order chi connectivity index (χ1) is 18.0. The molecule has 2 aliphatic heterocycles. The van der Waals surface area contributed by atoms with Gasteiger partial charge in [0.2, 0.25) is 11.8 Å². The van der Waals surface area contributed by atoms with E-state index in [-0.39, 0.29) is 34.8 Å². The minimum atomic E-state index is -0.246. The van der Waals surface area contributed by atoms with Gasteiger partial charge in [0.15, 0.2) is 5.16 Å². The van der Waals surface area contributed by atoms with Crippen molar-refractivity contribution in [3.8, 4) is 0 Å². The lowest BCUT2D eigenvalue weighted by molar-refractivity contribution is -0.135. The van der Waals surface area contributed by atoms with E-state index in [2.05, 4.69) is 42.6 Å². The molecule has 0 N–H and O–H groups in total. The van der Waals surface area contributed by atoms with Crippen LogP contribution >= 0.6 is 23.4 Å². The Balaban J connectivity index is 1.30. The number of hydrogen-bond donors (Lipinski definition) is 0. The fourth-order valence-electron chi connectivity index (χ4n) is 4.83. The molecule has 11 heteroatoms. The molecule has 0 saturated carbocycles. The zero-order valence-corrected chi connectivity index (χ0v) is 24.1. The van der Waals surface area contributed by atoms with Gasteiger partial charge >= 0.3 is 0 Å². The summed E-state index contributed by atoms with van der Waals surface area (Å²) >= 11 is 7.59. The normalized spacial score (nSPS) is 18.6. The zero-order chi connectivity index (χ0) is 27.4. The van der Waals surface area contributed by atoms with Crippen LogP contribution in [0.15, 0.2) is 35.5 Å². The van der Waals surface area contributed by atoms with Gasteiger partial charge in [-0.1, -0.05) is 56.3 Å². The summed E-state index contributed by atoms with van der Waals surface area (Å²) in [6.07, 6.45) is 0.518. The van der Waals surface area contributed by atoms with E-state index in [9.17, 15) is 14.0 Å². The summed E-state index contributed by atoms with van der Waals surface area (Å²) in [7, 11) is 0. The van der Waals surface area contributed by atoms with Crippen molar-refractivity contribution in [2.24, 2.45) is 5.41 Å². The lowest BCUT2D eigenvalue weighted by atomic mass is 9.91. The van der Waals surface area contributed by atoms with Crippen LogP contribution in [0.2, 0.25) is 5.15 Å². The SMILES string of the molecule is CC1CN(c2cc(Cl)nc(SCC(=O)N3CCN(c4ccccc4F)CC3)n2)CCN1C(=O)CC(C)(C)C. The van der Waals surface area contributed by atoms with Crippen LogP contribution in [-0.2, 0) is 9.59 Å². The van der Waals surface area contributed by atoms with Gasteiger partial charge in [0, 0.05) is 64.3 Å². The van der Waals surface area contributed by atoms with Crippen molar-refractivity contribution in [1.82, 2.24) is 19.8 Å². The molecule has 38 heavy (non-hydrogen) atoms. The Hall–Kier alpha value is -2.59. The summed E-state index contributed by atoms with van der Waals surface area (Å²) in [6, 6.07) is 8.49. The number of carbonyl (C=O) groups excluding carboxylic acids is 2. The van der Waals surface area contributed by atoms with Crippen molar-refractivity contribution >= 4 is 46.7 Å². The molecule has 2 fully saturated rings. The maximum absolute atomic E-state index is 14.1. The molecular weight excluding hydrogens is 527 g/mol. The Bertz CT molecular complexity index is 1150. The molecule has 206 valence electrons.